The monoisotopic (exact) mass is 241 g/mol. The lowest BCUT2D eigenvalue weighted by atomic mass is 9.69. The van der Waals surface area contributed by atoms with E-state index in [1.165, 1.54) is 51.6 Å². The van der Waals surface area contributed by atoms with Gasteiger partial charge in [-0.15, -0.1) is 0 Å². The van der Waals surface area contributed by atoms with Crippen molar-refractivity contribution in [1.29, 1.82) is 0 Å². The summed E-state index contributed by atoms with van der Waals surface area (Å²) in [4.78, 5) is 2.80. The third kappa shape index (κ3) is 1.80. The zero-order chi connectivity index (χ0) is 11.9. The largest absolute Gasteiger partial charge is 0.300 e. The second-order valence-electron chi connectivity index (χ2n) is 6.58. The molecule has 0 bridgehead atoms. The molecule has 2 heterocycles. The molecule has 18 heavy (non-hydrogen) atoms. The Balaban J connectivity index is 1.58. The van der Waals surface area contributed by atoms with Crippen LogP contribution in [0.25, 0.3) is 0 Å². The molecule has 2 aliphatic heterocycles. The van der Waals surface area contributed by atoms with E-state index in [0.717, 1.165) is 17.9 Å². The van der Waals surface area contributed by atoms with Gasteiger partial charge < -0.3 is 4.90 Å². The minimum atomic E-state index is 0.922. The lowest BCUT2D eigenvalue weighted by Gasteiger charge is -2.48. The van der Waals surface area contributed by atoms with Gasteiger partial charge in [0.05, 0.1) is 0 Å². The fourth-order valence-corrected chi connectivity index (χ4v) is 4.56. The van der Waals surface area contributed by atoms with Crippen molar-refractivity contribution in [2.45, 2.75) is 44.6 Å². The summed E-state index contributed by atoms with van der Waals surface area (Å²) in [5.41, 5.74) is 3.28. The first-order valence-corrected chi connectivity index (χ1v) is 7.71. The predicted molar refractivity (Wildman–Crippen MR) is 74.7 cm³/mol. The van der Waals surface area contributed by atoms with Gasteiger partial charge in [-0.3, -0.25) is 0 Å². The summed E-state index contributed by atoms with van der Waals surface area (Å²) in [5, 5.41) is 0. The molecule has 0 saturated carbocycles. The van der Waals surface area contributed by atoms with E-state index in [9.17, 15) is 0 Å². The maximum Gasteiger partial charge on any atom is 0.00982 e. The van der Waals surface area contributed by atoms with Gasteiger partial charge in [-0.25, -0.2) is 0 Å². The normalized spacial score (nSPS) is 35.4. The first-order valence-electron chi connectivity index (χ1n) is 7.71. The molecule has 0 radical (unpaired) electrons. The van der Waals surface area contributed by atoms with Gasteiger partial charge in [0.25, 0.3) is 0 Å². The van der Waals surface area contributed by atoms with Gasteiger partial charge in [0, 0.05) is 12.6 Å². The van der Waals surface area contributed by atoms with Gasteiger partial charge in [0.2, 0.25) is 0 Å². The van der Waals surface area contributed by atoms with Gasteiger partial charge in [0.1, 0.15) is 0 Å². The highest BCUT2D eigenvalue weighted by atomic mass is 15.2. The summed E-state index contributed by atoms with van der Waals surface area (Å²) in [6, 6.07) is 10.1. The lowest BCUT2D eigenvalue weighted by molar-refractivity contribution is 0.0328. The third-order valence-corrected chi connectivity index (χ3v) is 5.54. The molecule has 0 N–H and O–H groups in total. The van der Waals surface area contributed by atoms with E-state index < -0.39 is 0 Å². The van der Waals surface area contributed by atoms with E-state index in [1.807, 2.05) is 0 Å². The Bertz CT molecular complexity index is 398. The van der Waals surface area contributed by atoms with Crippen LogP contribution >= 0.6 is 0 Å². The van der Waals surface area contributed by atoms with Gasteiger partial charge in [0.15, 0.2) is 0 Å². The zero-order valence-electron chi connectivity index (χ0n) is 11.1. The van der Waals surface area contributed by atoms with Crippen LogP contribution in [0, 0.1) is 11.8 Å². The molecular weight excluding hydrogens is 218 g/mol. The molecule has 2 fully saturated rings. The summed E-state index contributed by atoms with van der Waals surface area (Å²) in [6.45, 7) is 2.75. The molecule has 2 saturated heterocycles. The number of hydrogen-bond acceptors (Lipinski definition) is 1. The molecule has 0 aromatic heterocycles. The minimum Gasteiger partial charge on any atom is -0.300 e. The van der Waals surface area contributed by atoms with Crippen LogP contribution in [0.2, 0.25) is 0 Å². The highest BCUT2D eigenvalue weighted by Gasteiger charge is 2.38. The summed E-state index contributed by atoms with van der Waals surface area (Å²) < 4.78 is 0. The zero-order valence-corrected chi connectivity index (χ0v) is 11.1. The van der Waals surface area contributed by atoms with Crippen LogP contribution in [0.1, 0.15) is 36.8 Å². The Morgan fingerprint density at radius 1 is 0.944 bits per heavy atom. The van der Waals surface area contributed by atoms with E-state index >= 15 is 0 Å². The van der Waals surface area contributed by atoms with Crippen LogP contribution < -0.4 is 0 Å². The summed E-state index contributed by atoms with van der Waals surface area (Å²) >= 11 is 0. The number of fused-ring (bicyclic) bond motifs is 3. The molecular formula is C17H23N. The SMILES string of the molecule is c1ccc2c(c1)CC1CC3CCCCN3CC1C2. The van der Waals surface area contributed by atoms with Gasteiger partial charge in [-0.2, -0.15) is 0 Å². The summed E-state index contributed by atoms with van der Waals surface area (Å²) in [5.74, 6) is 1.91. The number of nitrogens with zero attached hydrogens (tertiary/aromatic N) is 1. The average Bonchev–Trinajstić information content (AvgIpc) is 2.42. The maximum absolute atomic E-state index is 2.80. The maximum atomic E-state index is 2.80. The number of rotatable bonds is 0. The van der Waals surface area contributed by atoms with Gasteiger partial charge >= 0.3 is 0 Å². The summed E-state index contributed by atoms with van der Waals surface area (Å²) in [7, 11) is 0. The fourth-order valence-electron chi connectivity index (χ4n) is 4.56. The van der Waals surface area contributed by atoms with Gasteiger partial charge in [-0.05, 0) is 61.6 Å². The molecule has 0 amide bonds. The van der Waals surface area contributed by atoms with Crippen molar-refractivity contribution in [1.82, 2.24) is 4.90 Å². The minimum absolute atomic E-state index is 0.922. The van der Waals surface area contributed by atoms with Crippen molar-refractivity contribution in [3.05, 3.63) is 35.4 Å². The molecule has 1 aromatic rings. The van der Waals surface area contributed by atoms with E-state index in [1.54, 1.807) is 11.1 Å². The Hall–Kier alpha value is -0.820. The first kappa shape index (κ1) is 11.0. The van der Waals surface area contributed by atoms with E-state index in [4.69, 9.17) is 0 Å². The van der Waals surface area contributed by atoms with Crippen LogP contribution in [-0.2, 0) is 12.8 Å². The van der Waals surface area contributed by atoms with Crippen molar-refractivity contribution in [2.24, 2.45) is 11.8 Å². The topological polar surface area (TPSA) is 3.24 Å². The lowest BCUT2D eigenvalue weighted by Crippen LogP contribution is -2.51. The second-order valence-corrected chi connectivity index (χ2v) is 6.58. The smallest absolute Gasteiger partial charge is 0.00982 e. The van der Waals surface area contributed by atoms with E-state index in [-0.39, 0.29) is 0 Å². The van der Waals surface area contributed by atoms with Crippen molar-refractivity contribution in [3.63, 3.8) is 0 Å². The molecule has 96 valence electrons. The first-order chi connectivity index (χ1) is 8.90. The molecule has 1 heteroatoms. The predicted octanol–water partition coefficient (Wildman–Crippen LogP) is 3.28. The molecule has 4 rings (SSSR count). The van der Waals surface area contributed by atoms with Crippen molar-refractivity contribution >= 4 is 0 Å². The molecule has 1 aromatic carbocycles. The van der Waals surface area contributed by atoms with Crippen LogP contribution in [0.3, 0.4) is 0 Å². The van der Waals surface area contributed by atoms with Crippen molar-refractivity contribution in [3.8, 4) is 0 Å². The van der Waals surface area contributed by atoms with E-state index in [2.05, 4.69) is 29.2 Å². The van der Waals surface area contributed by atoms with Crippen molar-refractivity contribution < 1.29 is 0 Å². The average molecular weight is 241 g/mol. The molecule has 3 aliphatic rings. The molecule has 3 atom stereocenters. The van der Waals surface area contributed by atoms with Crippen LogP contribution in [0.15, 0.2) is 24.3 Å². The van der Waals surface area contributed by atoms with Crippen molar-refractivity contribution in [2.75, 3.05) is 13.1 Å². The highest BCUT2D eigenvalue weighted by Crippen LogP contribution is 2.40. The number of piperidine rings is 2. The second kappa shape index (κ2) is 4.38. The van der Waals surface area contributed by atoms with Gasteiger partial charge in [-0.1, -0.05) is 30.7 Å². The fraction of sp³-hybridized carbons (Fsp3) is 0.647. The third-order valence-electron chi connectivity index (χ3n) is 5.54. The molecule has 3 unspecified atom stereocenters. The Kier molecular flexibility index (Phi) is 2.69. The summed E-state index contributed by atoms with van der Waals surface area (Å²) in [6.07, 6.45) is 8.53. The molecule has 1 aliphatic carbocycles. The van der Waals surface area contributed by atoms with E-state index in [0.29, 0.717) is 0 Å². The highest BCUT2D eigenvalue weighted by molar-refractivity contribution is 5.31. The van der Waals surface area contributed by atoms with Crippen LogP contribution in [-0.4, -0.2) is 24.0 Å². The molecule has 1 nitrogen and oxygen atoms in total. The Labute approximate surface area is 110 Å². The standard InChI is InChI=1S/C17H23N/c1-2-6-14-10-16-12-18-8-4-3-7-17(18)11-15(16)9-13(14)5-1/h1-2,5-6,15-17H,3-4,7-12H2. The number of benzene rings is 1. The number of hydrogen-bond donors (Lipinski definition) is 0. The Morgan fingerprint density at radius 3 is 2.56 bits per heavy atom. The molecule has 0 spiro atoms. The van der Waals surface area contributed by atoms with Crippen LogP contribution in [0.5, 0.6) is 0 Å². The van der Waals surface area contributed by atoms with Crippen LogP contribution in [0.4, 0.5) is 0 Å². The quantitative estimate of drug-likeness (QED) is 0.674. The Morgan fingerprint density at radius 2 is 1.72 bits per heavy atom.